The number of amides is 1. The molecular weight excluding hydrogens is 307 g/mol. The molecule has 0 saturated carbocycles. The van der Waals surface area contributed by atoms with Crippen LogP contribution < -0.4 is 10.1 Å². The van der Waals surface area contributed by atoms with Crippen molar-refractivity contribution in [3.63, 3.8) is 0 Å². The van der Waals surface area contributed by atoms with E-state index in [9.17, 15) is 18.0 Å². The minimum absolute atomic E-state index is 0.0650. The number of hydrogen-bond donors (Lipinski definition) is 1. The van der Waals surface area contributed by atoms with Crippen LogP contribution in [0, 0.1) is 0 Å². The molecule has 0 unspecified atom stereocenters. The molecule has 0 heterocycles. The molecule has 0 aromatic heterocycles. The van der Waals surface area contributed by atoms with E-state index in [4.69, 9.17) is 0 Å². The van der Waals surface area contributed by atoms with Gasteiger partial charge in [0.15, 0.2) is 0 Å². The molecule has 0 radical (unpaired) electrons. The maximum atomic E-state index is 12.2. The summed E-state index contributed by atoms with van der Waals surface area (Å²) in [6, 6.07) is 12.7. The molecule has 3 rings (SSSR count). The average Bonchev–Trinajstić information content (AvgIpc) is 2.90. The topological polar surface area (TPSA) is 38.3 Å². The van der Waals surface area contributed by atoms with Crippen LogP contribution in [0.3, 0.4) is 0 Å². The van der Waals surface area contributed by atoms with Gasteiger partial charge in [0, 0.05) is 5.56 Å². The molecule has 1 N–H and O–H groups in total. The standard InChI is InChI=1S/C17H14F3NO2/c18-17(19,20)23-13-8-5-12(6-9-13)16(22)21-15-10-7-11-3-1-2-4-14(11)15/h1-6,8-9,15H,7,10H2,(H,21,22)/t15-/m1/s1. The number of carbonyl (C=O) groups is 1. The zero-order valence-electron chi connectivity index (χ0n) is 12.1. The number of carbonyl (C=O) groups excluding carboxylic acids is 1. The number of hydrogen-bond acceptors (Lipinski definition) is 2. The Balaban J connectivity index is 1.67. The number of fused-ring (bicyclic) bond motifs is 1. The predicted octanol–water partition coefficient (Wildman–Crippen LogP) is 4.00. The molecule has 1 atom stereocenters. The van der Waals surface area contributed by atoms with Gasteiger partial charge in [0.25, 0.3) is 5.91 Å². The van der Waals surface area contributed by atoms with Crippen molar-refractivity contribution in [1.29, 1.82) is 0 Å². The van der Waals surface area contributed by atoms with E-state index in [1.165, 1.54) is 17.7 Å². The summed E-state index contributed by atoms with van der Waals surface area (Å²) in [6.45, 7) is 0. The van der Waals surface area contributed by atoms with Crippen LogP contribution in [0.15, 0.2) is 48.5 Å². The van der Waals surface area contributed by atoms with Gasteiger partial charge in [-0.3, -0.25) is 4.79 Å². The highest BCUT2D eigenvalue weighted by atomic mass is 19.4. The van der Waals surface area contributed by atoms with Gasteiger partial charge >= 0.3 is 6.36 Å². The highest BCUT2D eigenvalue weighted by Gasteiger charge is 2.31. The Morgan fingerprint density at radius 1 is 1.09 bits per heavy atom. The molecule has 0 aliphatic heterocycles. The number of alkyl halides is 3. The monoisotopic (exact) mass is 321 g/mol. The van der Waals surface area contributed by atoms with E-state index >= 15 is 0 Å². The van der Waals surface area contributed by atoms with E-state index < -0.39 is 6.36 Å². The first-order valence-electron chi connectivity index (χ1n) is 7.17. The Kier molecular flexibility index (Phi) is 3.98. The second-order valence-corrected chi connectivity index (χ2v) is 5.34. The van der Waals surface area contributed by atoms with E-state index in [1.54, 1.807) is 0 Å². The summed E-state index contributed by atoms with van der Waals surface area (Å²) in [7, 11) is 0. The second-order valence-electron chi connectivity index (χ2n) is 5.34. The van der Waals surface area contributed by atoms with E-state index in [-0.39, 0.29) is 17.7 Å². The third-order valence-electron chi connectivity index (χ3n) is 3.79. The minimum atomic E-state index is -4.74. The zero-order valence-corrected chi connectivity index (χ0v) is 12.1. The molecule has 3 nitrogen and oxygen atoms in total. The van der Waals surface area contributed by atoms with Gasteiger partial charge in [0.05, 0.1) is 6.04 Å². The third-order valence-corrected chi connectivity index (χ3v) is 3.79. The first-order chi connectivity index (χ1) is 10.9. The van der Waals surface area contributed by atoms with Gasteiger partial charge in [0.2, 0.25) is 0 Å². The maximum absolute atomic E-state index is 12.2. The summed E-state index contributed by atoms with van der Waals surface area (Å²) in [6.07, 6.45) is -3.02. The highest BCUT2D eigenvalue weighted by Crippen LogP contribution is 2.31. The summed E-state index contributed by atoms with van der Waals surface area (Å²) >= 11 is 0. The normalized spacial score (nSPS) is 16.7. The fourth-order valence-corrected chi connectivity index (χ4v) is 2.76. The maximum Gasteiger partial charge on any atom is 0.573 e. The molecule has 6 heteroatoms. The number of aryl methyl sites for hydroxylation is 1. The average molecular weight is 321 g/mol. The summed E-state index contributed by atoms with van der Waals surface area (Å²) in [5.41, 5.74) is 2.61. The SMILES string of the molecule is O=C(N[C@@H]1CCc2ccccc21)c1ccc(OC(F)(F)F)cc1. The lowest BCUT2D eigenvalue weighted by atomic mass is 10.1. The largest absolute Gasteiger partial charge is 0.573 e. The van der Waals surface area contributed by atoms with Crippen LogP contribution in [0.25, 0.3) is 0 Å². The van der Waals surface area contributed by atoms with Crippen molar-refractivity contribution in [1.82, 2.24) is 5.32 Å². The Labute approximate surface area is 131 Å². The molecule has 1 aliphatic rings. The molecule has 0 fully saturated rings. The third kappa shape index (κ3) is 3.64. The molecule has 0 saturated heterocycles. The Morgan fingerprint density at radius 3 is 2.48 bits per heavy atom. The fourth-order valence-electron chi connectivity index (χ4n) is 2.76. The van der Waals surface area contributed by atoms with Crippen molar-refractivity contribution in [2.24, 2.45) is 0 Å². The van der Waals surface area contributed by atoms with Crippen molar-refractivity contribution >= 4 is 5.91 Å². The first kappa shape index (κ1) is 15.4. The summed E-state index contributed by atoms with van der Waals surface area (Å²) in [5.74, 6) is -0.662. The number of rotatable bonds is 3. The van der Waals surface area contributed by atoms with E-state index in [2.05, 4.69) is 10.1 Å². The van der Waals surface area contributed by atoms with Gasteiger partial charge in [0.1, 0.15) is 5.75 Å². The molecule has 0 spiro atoms. The second kappa shape index (κ2) is 5.95. The van der Waals surface area contributed by atoms with E-state index in [0.717, 1.165) is 30.5 Å². The van der Waals surface area contributed by atoms with Crippen LogP contribution in [-0.4, -0.2) is 12.3 Å². The molecule has 23 heavy (non-hydrogen) atoms. The van der Waals surface area contributed by atoms with Gasteiger partial charge in [-0.05, 0) is 48.2 Å². The molecule has 1 aliphatic carbocycles. The molecule has 1 amide bonds. The smallest absolute Gasteiger partial charge is 0.406 e. The number of benzene rings is 2. The number of nitrogens with one attached hydrogen (secondary N) is 1. The van der Waals surface area contributed by atoms with Crippen LogP contribution in [0.1, 0.15) is 33.9 Å². The quantitative estimate of drug-likeness (QED) is 0.928. The summed E-state index contributed by atoms with van der Waals surface area (Å²) in [5, 5.41) is 2.92. The molecule has 2 aromatic carbocycles. The van der Waals surface area contributed by atoms with Gasteiger partial charge in [-0.2, -0.15) is 0 Å². The highest BCUT2D eigenvalue weighted by molar-refractivity contribution is 5.94. The molecule has 2 aromatic rings. The van der Waals surface area contributed by atoms with Crippen LogP contribution in [0.2, 0.25) is 0 Å². The van der Waals surface area contributed by atoms with E-state index in [0.29, 0.717) is 5.56 Å². The van der Waals surface area contributed by atoms with Crippen molar-refractivity contribution in [2.75, 3.05) is 0 Å². The van der Waals surface area contributed by atoms with E-state index in [1.807, 2.05) is 24.3 Å². The van der Waals surface area contributed by atoms with Crippen LogP contribution in [0.4, 0.5) is 13.2 Å². The van der Waals surface area contributed by atoms with Gasteiger partial charge in [-0.1, -0.05) is 24.3 Å². The van der Waals surface area contributed by atoms with Gasteiger partial charge < -0.3 is 10.1 Å². The van der Waals surface area contributed by atoms with Crippen LogP contribution in [0.5, 0.6) is 5.75 Å². The molecular formula is C17H14F3NO2. The Morgan fingerprint density at radius 2 is 1.78 bits per heavy atom. The summed E-state index contributed by atoms with van der Waals surface area (Å²) < 4.78 is 40.1. The first-order valence-corrected chi connectivity index (χ1v) is 7.17. The molecule has 0 bridgehead atoms. The van der Waals surface area contributed by atoms with Crippen molar-refractivity contribution in [3.05, 3.63) is 65.2 Å². The Hall–Kier alpha value is -2.50. The van der Waals surface area contributed by atoms with Gasteiger partial charge in [-0.15, -0.1) is 13.2 Å². The van der Waals surface area contributed by atoms with Crippen molar-refractivity contribution < 1.29 is 22.7 Å². The van der Waals surface area contributed by atoms with Gasteiger partial charge in [-0.25, -0.2) is 0 Å². The zero-order chi connectivity index (χ0) is 16.4. The predicted molar refractivity (Wildman–Crippen MR) is 78.1 cm³/mol. The van der Waals surface area contributed by atoms with Crippen molar-refractivity contribution in [3.8, 4) is 5.75 Å². The fraction of sp³-hybridized carbons (Fsp3) is 0.235. The van der Waals surface area contributed by atoms with Crippen LogP contribution >= 0.6 is 0 Å². The Bertz CT molecular complexity index is 711. The molecule has 120 valence electrons. The summed E-state index contributed by atoms with van der Waals surface area (Å²) in [4.78, 5) is 12.2. The van der Waals surface area contributed by atoms with Crippen LogP contribution in [-0.2, 0) is 6.42 Å². The minimum Gasteiger partial charge on any atom is -0.406 e. The lowest BCUT2D eigenvalue weighted by molar-refractivity contribution is -0.274. The lowest BCUT2D eigenvalue weighted by Gasteiger charge is -2.14. The lowest BCUT2D eigenvalue weighted by Crippen LogP contribution is -2.27. The number of ether oxygens (including phenoxy) is 1. The number of halogens is 3. The van der Waals surface area contributed by atoms with Crippen molar-refractivity contribution in [2.45, 2.75) is 25.2 Å².